The lowest BCUT2D eigenvalue weighted by atomic mass is 10.4. The molecule has 20 heavy (non-hydrogen) atoms. The smallest absolute Gasteiger partial charge is 0.270 e. The van der Waals surface area contributed by atoms with Gasteiger partial charge in [0.25, 0.3) is 5.91 Å². The van der Waals surface area contributed by atoms with Crippen LogP contribution in [0.4, 0.5) is 0 Å². The fourth-order valence-electron chi connectivity index (χ4n) is 1.71. The normalized spacial score (nSPS) is 15.3. The second-order valence-corrected chi connectivity index (χ2v) is 6.60. The third-order valence-electron chi connectivity index (χ3n) is 3.18. The van der Waals surface area contributed by atoms with Gasteiger partial charge in [0.15, 0.2) is 0 Å². The monoisotopic (exact) mass is 301 g/mol. The minimum atomic E-state index is -3.79. The molecule has 112 valence electrons. The number of amides is 1. The van der Waals surface area contributed by atoms with Crippen LogP contribution in [-0.2, 0) is 14.8 Å². The highest BCUT2D eigenvalue weighted by molar-refractivity contribution is 7.89. The Morgan fingerprint density at radius 3 is 2.80 bits per heavy atom. The number of rotatable bonds is 7. The topological polar surface area (TPSA) is 105 Å². The van der Waals surface area contributed by atoms with Crippen molar-refractivity contribution in [2.75, 3.05) is 26.8 Å². The molecule has 1 aromatic heterocycles. The molecule has 1 aliphatic rings. The number of hydrogen-bond donors (Lipinski definition) is 2. The highest BCUT2D eigenvalue weighted by Crippen LogP contribution is 2.28. The summed E-state index contributed by atoms with van der Waals surface area (Å²) in [6.07, 6.45) is 3.67. The molecule has 0 aromatic carbocycles. The standard InChI is InChI=1S/C12H19N3O4S/c1-15(4-5-19-8-9-2-3-9)12(16)11-6-10(7-14-11)20(13,17)18/h6-7,9,14H,2-5,8H2,1H3,(H2,13,17,18). The first-order valence-electron chi connectivity index (χ1n) is 6.42. The van der Waals surface area contributed by atoms with E-state index in [-0.39, 0.29) is 16.5 Å². The molecule has 0 radical (unpaired) electrons. The number of carbonyl (C=O) groups is 1. The van der Waals surface area contributed by atoms with E-state index in [2.05, 4.69) is 4.98 Å². The molecule has 1 heterocycles. The summed E-state index contributed by atoms with van der Waals surface area (Å²) in [6.45, 7) is 1.68. The molecule has 2 rings (SSSR count). The average molecular weight is 301 g/mol. The van der Waals surface area contributed by atoms with E-state index in [1.165, 1.54) is 30.0 Å². The number of likely N-dealkylation sites (N-methyl/N-ethyl adjacent to an activating group) is 1. The van der Waals surface area contributed by atoms with Crippen LogP contribution in [0.3, 0.4) is 0 Å². The van der Waals surface area contributed by atoms with Crippen molar-refractivity contribution in [1.82, 2.24) is 9.88 Å². The van der Waals surface area contributed by atoms with Crippen LogP contribution >= 0.6 is 0 Å². The second-order valence-electron chi connectivity index (χ2n) is 5.04. The van der Waals surface area contributed by atoms with E-state index in [4.69, 9.17) is 9.88 Å². The molecule has 0 spiro atoms. The number of ether oxygens (including phenoxy) is 1. The first kappa shape index (κ1) is 15.0. The molecule has 0 unspecified atom stereocenters. The van der Waals surface area contributed by atoms with Crippen molar-refractivity contribution in [2.24, 2.45) is 11.1 Å². The van der Waals surface area contributed by atoms with Crippen molar-refractivity contribution >= 4 is 15.9 Å². The molecule has 1 saturated carbocycles. The molecule has 0 atom stereocenters. The van der Waals surface area contributed by atoms with Gasteiger partial charge in [0.2, 0.25) is 10.0 Å². The van der Waals surface area contributed by atoms with Gasteiger partial charge in [-0.25, -0.2) is 13.6 Å². The zero-order valence-electron chi connectivity index (χ0n) is 11.3. The number of H-pyrrole nitrogens is 1. The highest BCUT2D eigenvalue weighted by atomic mass is 32.2. The highest BCUT2D eigenvalue weighted by Gasteiger charge is 2.21. The van der Waals surface area contributed by atoms with Crippen molar-refractivity contribution < 1.29 is 17.9 Å². The second kappa shape index (κ2) is 5.94. The zero-order valence-corrected chi connectivity index (χ0v) is 12.1. The zero-order chi connectivity index (χ0) is 14.8. The molecule has 0 bridgehead atoms. The predicted molar refractivity (Wildman–Crippen MR) is 72.7 cm³/mol. The van der Waals surface area contributed by atoms with Crippen molar-refractivity contribution in [1.29, 1.82) is 0 Å². The van der Waals surface area contributed by atoms with E-state index in [0.29, 0.717) is 19.1 Å². The maximum absolute atomic E-state index is 12.0. The number of nitrogens with one attached hydrogen (secondary N) is 1. The number of aromatic amines is 1. The summed E-state index contributed by atoms with van der Waals surface area (Å²) in [4.78, 5) is 16.0. The Hall–Kier alpha value is -1.38. The number of hydrogen-bond acceptors (Lipinski definition) is 4. The van der Waals surface area contributed by atoms with Crippen LogP contribution in [0.1, 0.15) is 23.3 Å². The maximum Gasteiger partial charge on any atom is 0.270 e. The Kier molecular flexibility index (Phi) is 4.46. The van der Waals surface area contributed by atoms with Gasteiger partial charge >= 0.3 is 0 Å². The van der Waals surface area contributed by atoms with E-state index >= 15 is 0 Å². The fraction of sp³-hybridized carbons (Fsp3) is 0.583. The van der Waals surface area contributed by atoms with Crippen LogP contribution in [0.5, 0.6) is 0 Å². The van der Waals surface area contributed by atoms with Crippen LogP contribution in [0.2, 0.25) is 0 Å². The average Bonchev–Trinajstić information content (AvgIpc) is 3.05. The molecule has 1 fully saturated rings. The third-order valence-corrected chi connectivity index (χ3v) is 4.08. The number of nitrogens with zero attached hydrogens (tertiary/aromatic N) is 1. The van der Waals surface area contributed by atoms with Gasteiger partial charge in [-0.1, -0.05) is 0 Å². The molecule has 0 saturated heterocycles. The summed E-state index contributed by atoms with van der Waals surface area (Å²) < 4.78 is 27.7. The van der Waals surface area contributed by atoms with Gasteiger partial charge in [-0.2, -0.15) is 0 Å². The molecule has 1 aromatic rings. The number of carbonyl (C=O) groups excluding carboxylic acids is 1. The quantitative estimate of drug-likeness (QED) is 0.700. The first-order valence-corrected chi connectivity index (χ1v) is 7.97. The maximum atomic E-state index is 12.0. The Morgan fingerprint density at radius 1 is 1.55 bits per heavy atom. The summed E-state index contributed by atoms with van der Waals surface area (Å²) >= 11 is 0. The number of aromatic nitrogens is 1. The molecule has 8 heteroatoms. The minimum absolute atomic E-state index is 0.0979. The molecular formula is C12H19N3O4S. The Balaban J connectivity index is 1.84. The summed E-state index contributed by atoms with van der Waals surface area (Å²) in [7, 11) is -2.15. The third kappa shape index (κ3) is 4.06. The van der Waals surface area contributed by atoms with Crippen LogP contribution in [0.25, 0.3) is 0 Å². The minimum Gasteiger partial charge on any atom is -0.379 e. The summed E-state index contributed by atoms with van der Waals surface area (Å²) in [5.74, 6) is 0.395. The van der Waals surface area contributed by atoms with Crippen molar-refractivity contribution in [2.45, 2.75) is 17.7 Å². The Morgan fingerprint density at radius 2 is 2.25 bits per heavy atom. The summed E-state index contributed by atoms with van der Waals surface area (Å²) in [6, 6.07) is 1.24. The van der Waals surface area contributed by atoms with Crippen LogP contribution in [0, 0.1) is 5.92 Å². The van der Waals surface area contributed by atoms with E-state index in [1.54, 1.807) is 7.05 Å². The number of nitrogens with two attached hydrogens (primary N) is 1. The Labute approximate surface area is 118 Å². The molecule has 0 aliphatic heterocycles. The molecule has 3 N–H and O–H groups in total. The first-order chi connectivity index (χ1) is 9.38. The largest absolute Gasteiger partial charge is 0.379 e. The number of primary sulfonamides is 1. The lowest BCUT2D eigenvalue weighted by molar-refractivity contribution is 0.0676. The predicted octanol–water partition coefficient (Wildman–Crippen LogP) is 0.161. The fourth-order valence-corrected chi connectivity index (χ4v) is 2.21. The SMILES string of the molecule is CN(CCOCC1CC1)C(=O)c1cc(S(N)(=O)=O)c[nH]1. The van der Waals surface area contributed by atoms with Gasteiger partial charge in [-0.3, -0.25) is 4.79 Å². The van der Waals surface area contributed by atoms with Crippen LogP contribution < -0.4 is 5.14 Å². The number of sulfonamides is 1. The van der Waals surface area contributed by atoms with E-state index < -0.39 is 10.0 Å². The molecule has 1 aliphatic carbocycles. The van der Waals surface area contributed by atoms with Gasteiger partial charge in [0.05, 0.1) is 11.5 Å². The van der Waals surface area contributed by atoms with E-state index in [1.807, 2.05) is 0 Å². The van der Waals surface area contributed by atoms with Gasteiger partial charge in [-0.05, 0) is 24.8 Å². The van der Waals surface area contributed by atoms with Gasteiger partial charge < -0.3 is 14.6 Å². The summed E-state index contributed by atoms with van der Waals surface area (Å²) in [5, 5.41) is 4.99. The van der Waals surface area contributed by atoms with Crippen LogP contribution in [-0.4, -0.2) is 51.0 Å². The van der Waals surface area contributed by atoms with Gasteiger partial charge in [-0.15, -0.1) is 0 Å². The van der Waals surface area contributed by atoms with Gasteiger partial charge in [0, 0.05) is 26.4 Å². The van der Waals surface area contributed by atoms with Crippen molar-refractivity contribution in [3.8, 4) is 0 Å². The van der Waals surface area contributed by atoms with Crippen LogP contribution in [0.15, 0.2) is 17.2 Å². The van der Waals surface area contributed by atoms with Crippen molar-refractivity contribution in [3.63, 3.8) is 0 Å². The van der Waals surface area contributed by atoms with Crippen molar-refractivity contribution in [3.05, 3.63) is 18.0 Å². The molecular weight excluding hydrogens is 282 g/mol. The lowest BCUT2D eigenvalue weighted by Crippen LogP contribution is -2.30. The van der Waals surface area contributed by atoms with Gasteiger partial charge in [0.1, 0.15) is 5.69 Å². The summed E-state index contributed by atoms with van der Waals surface area (Å²) in [5.41, 5.74) is 0.193. The lowest BCUT2D eigenvalue weighted by Gasteiger charge is -2.16. The molecule has 7 nitrogen and oxygen atoms in total. The van der Waals surface area contributed by atoms with E-state index in [0.717, 1.165) is 6.61 Å². The Bertz CT molecular complexity index is 577. The molecule has 1 amide bonds. The van der Waals surface area contributed by atoms with E-state index in [9.17, 15) is 13.2 Å².